The molecule has 0 rings (SSSR count). The summed E-state index contributed by atoms with van der Waals surface area (Å²) in [6.45, 7) is 5.39. The third-order valence-corrected chi connectivity index (χ3v) is 0.727. The predicted octanol–water partition coefficient (Wildman–Crippen LogP) is 0.578. The summed E-state index contributed by atoms with van der Waals surface area (Å²) in [5.41, 5.74) is 5.41. The minimum atomic E-state index is -0.545. The van der Waals surface area contributed by atoms with Crippen LogP contribution < -0.4 is 11.1 Å². The Morgan fingerprint density at radius 2 is 2.38 bits per heavy atom. The van der Waals surface area contributed by atoms with Crippen LogP contribution in [0.2, 0.25) is 0 Å². The summed E-state index contributed by atoms with van der Waals surface area (Å²) in [5, 5.41) is 2.34. The van der Waals surface area contributed by atoms with Gasteiger partial charge in [0.2, 0.25) is 0 Å². The number of rotatable bonds is 2. The van der Waals surface area contributed by atoms with E-state index in [4.69, 9.17) is 5.73 Å². The molecule has 0 heterocycles. The first kappa shape index (κ1) is 7.01. The zero-order valence-electron chi connectivity index (χ0n) is 4.90. The van der Waals surface area contributed by atoms with E-state index in [1.807, 2.05) is 6.92 Å². The van der Waals surface area contributed by atoms with Crippen molar-refractivity contribution in [3.63, 3.8) is 0 Å². The van der Waals surface area contributed by atoms with E-state index in [1.54, 1.807) is 0 Å². The molecule has 8 heavy (non-hydrogen) atoms. The van der Waals surface area contributed by atoms with Crippen molar-refractivity contribution in [2.24, 2.45) is 5.73 Å². The third kappa shape index (κ3) is 3.21. The lowest BCUT2D eigenvalue weighted by Crippen LogP contribution is -2.27. The van der Waals surface area contributed by atoms with Gasteiger partial charge in [0.05, 0.1) is 0 Å². The van der Waals surface area contributed by atoms with Crippen LogP contribution in [-0.4, -0.2) is 6.03 Å². The van der Waals surface area contributed by atoms with Gasteiger partial charge in [-0.25, -0.2) is 4.79 Å². The van der Waals surface area contributed by atoms with Crippen molar-refractivity contribution in [1.29, 1.82) is 0 Å². The number of carbonyl (C=O) groups excluding carboxylic acids is 1. The van der Waals surface area contributed by atoms with Crippen molar-refractivity contribution in [3.05, 3.63) is 12.3 Å². The van der Waals surface area contributed by atoms with Gasteiger partial charge in [-0.2, -0.15) is 0 Å². The minimum Gasteiger partial charge on any atom is -0.351 e. The number of allylic oxidation sites excluding steroid dienone is 1. The molecule has 0 radical (unpaired) electrons. The van der Waals surface area contributed by atoms with Crippen molar-refractivity contribution in [1.82, 2.24) is 5.32 Å². The maximum atomic E-state index is 10.0. The fraction of sp³-hybridized carbons (Fsp3) is 0.400. The Labute approximate surface area is 48.6 Å². The molecule has 0 aromatic heterocycles. The fourth-order valence-corrected chi connectivity index (χ4v) is 0.263. The molecule has 0 aliphatic carbocycles. The lowest BCUT2D eigenvalue weighted by atomic mass is 10.4. The summed E-state index contributed by atoms with van der Waals surface area (Å²) in [6.07, 6.45) is 0.725. The molecule has 46 valence electrons. The minimum absolute atomic E-state index is 0.545. The lowest BCUT2D eigenvalue weighted by molar-refractivity contribution is 0.251. The Bertz CT molecular complexity index is 109. The molecule has 0 aromatic carbocycles. The van der Waals surface area contributed by atoms with Crippen molar-refractivity contribution >= 4 is 6.03 Å². The maximum Gasteiger partial charge on any atom is 0.316 e. The molecule has 3 nitrogen and oxygen atoms in total. The first-order valence-electron chi connectivity index (χ1n) is 2.41. The molecule has 0 unspecified atom stereocenters. The van der Waals surface area contributed by atoms with Gasteiger partial charge in [-0.3, -0.25) is 0 Å². The van der Waals surface area contributed by atoms with E-state index in [1.165, 1.54) is 0 Å². The summed E-state index contributed by atoms with van der Waals surface area (Å²) in [6, 6.07) is -0.545. The highest BCUT2D eigenvalue weighted by atomic mass is 16.2. The van der Waals surface area contributed by atoms with Crippen LogP contribution in [0.15, 0.2) is 12.3 Å². The van der Waals surface area contributed by atoms with Gasteiger partial charge in [-0.1, -0.05) is 13.5 Å². The van der Waals surface area contributed by atoms with E-state index in [-0.39, 0.29) is 0 Å². The standard InChI is InChI=1S/C5H10N2O/c1-3-4(2)7-5(6)8/h2-3H2,1H3,(H3,6,7,8). The van der Waals surface area contributed by atoms with Gasteiger partial charge < -0.3 is 11.1 Å². The lowest BCUT2D eigenvalue weighted by Gasteiger charge is -1.98. The highest BCUT2D eigenvalue weighted by Gasteiger charge is 1.90. The normalized spacial score (nSPS) is 8.12. The largest absolute Gasteiger partial charge is 0.351 e. The Balaban J connectivity index is 3.40. The molecule has 2 amide bonds. The molecule has 0 aromatic rings. The molecule has 0 saturated carbocycles. The molecular formula is C5H10N2O. The smallest absolute Gasteiger partial charge is 0.316 e. The molecule has 0 fully saturated rings. The van der Waals surface area contributed by atoms with Crippen LogP contribution in [0.25, 0.3) is 0 Å². The topological polar surface area (TPSA) is 55.1 Å². The van der Waals surface area contributed by atoms with Crippen molar-refractivity contribution in [2.75, 3.05) is 0 Å². The fourth-order valence-electron chi connectivity index (χ4n) is 0.263. The van der Waals surface area contributed by atoms with E-state index < -0.39 is 6.03 Å². The van der Waals surface area contributed by atoms with E-state index in [2.05, 4.69) is 11.9 Å². The van der Waals surface area contributed by atoms with Gasteiger partial charge in [-0.05, 0) is 6.42 Å². The van der Waals surface area contributed by atoms with E-state index in [0.717, 1.165) is 6.42 Å². The van der Waals surface area contributed by atoms with Crippen LogP contribution >= 0.6 is 0 Å². The zero-order chi connectivity index (χ0) is 6.57. The van der Waals surface area contributed by atoms with Crippen LogP contribution in [0, 0.1) is 0 Å². The van der Waals surface area contributed by atoms with Gasteiger partial charge in [-0.15, -0.1) is 0 Å². The number of amides is 2. The highest BCUT2D eigenvalue weighted by molar-refractivity contribution is 5.73. The maximum absolute atomic E-state index is 10.0. The van der Waals surface area contributed by atoms with Crippen LogP contribution in [0.5, 0.6) is 0 Å². The van der Waals surface area contributed by atoms with E-state index in [9.17, 15) is 4.79 Å². The average Bonchev–Trinajstić information content (AvgIpc) is 1.65. The van der Waals surface area contributed by atoms with Crippen LogP contribution in [0.1, 0.15) is 13.3 Å². The monoisotopic (exact) mass is 114 g/mol. The predicted molar refractivity (Wildman–Crippen MR) is 32.2 cm³/mol. The first-order chi connectivity index (χ1) is 3.66. The molecule has 0 aliphatic rings. The molecule has 3 N–H and O–H groups in total. The quantitative estimate of drug-likeness (QED) is 0.542. The second-order valence-electron chi connectivity index (χ2n) is 1.45. The summed E-state index contributed by atoms with van der Waals surface area (Å²) >= 11 is 0. The van der Waals surface area contributed by atoms with Crippen molar-refractivity contribution in [2.45, 2.75) is 13.3 Å². The summed E-state index contributed by atoms with van der Waals surface area (Å²) in [5.74, 6) is 0. The molecule has 0 aliphatic heterocycles. The zero-order valence-corrected chi connectivity index (χ0v) is 4.90. The summed E-state index contributed by atoms with van der Waals surface area (Å²) in [7, 11) is 0. The van der Waals surface area contributed by atoms with E-state index >= 15 is 0 Å². The molecule has 0 atom stereocenters. The summed E-state index contributed by atoms with van der Waals surface area (Å²) < 4.78 is 0. The molecule has 0 spiro atoms. The van der Waals surface area contributed by atoms with E-state index in [0.29, 0.717) is 5.70 Å². The Kier molecular flexibility index (Phi) is 2.69. The molecular weight excluding hydrogens is 104 g/mol. The molecule has 3 heteroatoms. The SMILES string of the molecule is C=C(CC)NC(N)=O. The number of hydrogen-bond acceptors (Lipinski definition) is 1. The number of nitrogens with one attached hydrogen (secondary N) is 1. The Morgan fingerprint density at radius 3 is 2.50 bits per heavy atom. The number of urea groups is 1. The van der Waals surface area contributed by atoms with Crippen LogP contribution in [0.4, 0.5) is 4.79 Å². The molecule has 0 saturated heterocycles. The second kappa shape index (κ2) is 3.07. The Morgan fingerprint density at radius 1 is 1.88 bits per heavy atom. The van der Waals surface area contributed by atoms with Gasteiger partial charge >= 0.3 is 6.03 Å². The van der Waals surface area contributed by atoms with Gasteiger partial charge in [0.25, 0.3) is 0 Å². The average molecular weight is 114 g/mol. The summed E-state index contributed by atoms with van der Waals surface area (Å²) in [4.78, 5) is 10.0. The van der Waals surface area contributed by atoms with Gasteiger partial charge in [0.15, 0.2) is 0 Å². The van der Waals surface area contributed by atoms with Crippen molar-refractivity contribution in [3.8, 4) is 0 Å². The Hall–Kier alpha value is -0.990. The third-order valence-electron chi connectivity index (χ3n) is 0.727. The van der Waals surface area contributed by atoms with Gasteiger partial charge in [0, 0.05) is 5.70 Å². The van der Waals surface area contributed by atoms with Crippen LogP contribution in [0.3, 0.4) is 0 Å². The number of hydrogen-bond donors (Lipinski definition) is 2. The molecule has 0 bridgehead atoms. The number of nitrogens with two attached hydrogens (primary N) is 1. The number of carbonyl (C=O) groups is 1. The number of primary amides is 1. The highest BCUT2D eigenvalue weighted by Crippen LogP contribution is 1.87. The van der Waals surface area contributed by atoms with Crippen molar-refractivity contribution < 1.29 is 4.79 Å². The first-order valence-corrected chi connectivity index (χ1v) is 2.41. The van der Waals surface area contributed by atoms with Gasteiger partial charge in [0.1, 0.15) is 0 Å². The second-order valence-corrected chi connectivity index (χ2v) is 1.45. The van der Waals surface area contributed by atoms with Crippen LogP contribution in [-0.2, 0) is 0 Å².